The Kier molecular flexibility index (Phi) is 8.48. The third-order valence-corrected chi connectivity index (χ3v) is 6.07. The number of rotatable bonds is 9. The number of aromatic nitrogens is 1. The number of hydrogen-bond acceptors (Lipinski definition) is 4. The van der Waals surface area contributed by atoms with Crippen molar-refractivity contribution in [3.05, 3.63) is 130 Å². The van der Waals surface area contributed by atoms with Gasteiger partial charge in [0, 0.05) is 16.2 Å². The first-order chi connectivity index (χ1) is 17.0. The summed E-state index contributed by atoms with van der Waals surface area (Å²) in [6, 6.07) is 26.5. The van der Waals surface area contributed by atoms with E-state index in [1.165, 1.54) is 0 Å². The van der Waals surface area contributed by atoms with E-state index in [-0.39, 0.29) is 0 Å². The fraction of sp³-hybridized carbons (Fsp3) is 0.107. The van der Waals surface area contributed by atoms with Crippen molar-refractivity contribution in [1.82, 2.24) is 4.98 Å². The molecule has 4 rings (SSSR count). The summed E-state index contributed by atoms with van der Waals surface area (Å²) in [5.74, 6) is 1.02. The van der Waals surface area contributed by atoms with Gasteiger partial charge in [0.2, 0.25) is 0 Å². The van der Waals surface area contributed by atoms with E-state index in [0.29, 0.717) is 27.2 Å². The third-order valence-electron chi connectivity index (χ3n) is 5.25. The second kappa shape index (κ2) is 11.9. The second-order valence-electron chi connectivity index (χ2n) is 7.93. The van der Waals surface area contributed by atoms with Crippen LogP contribution < -0.4 is 9.31 Å². The Balaban J connectivity index is 1.64. The van der Waals surface area contributed by atoms with Gasteiger partial charge < -0.3 is 14.0 Å². The average Bonchev–Trinajstić information content (AvgIpc) is 2.87. The largest absolute Gasteiger partial charge is 0.788 e. The summed E-state index contributed by atoms with van der Waals surface area (Å²) in [6.07, 6.45) is 5.06. The lowest BCUT2D eigenvalue weighted by Crippen LogP contribution is -2.35. The molecular weight excluding hydrogens is 480 g/mol. The quantitative estimate of drug-likeness (QED) is 0.217. The Morgan fingerprint density at radius 1 is 0.771 bits per heavy atom. The molecule has 35 heavy (non-hydrogen) atoms. The molecule has 0 fully saturated rings. The van der Waals surface area contributed by atoms with Crippen LogP contribution in [0, 0.1) is 13.8 Å². The van der Waals surface area contributed by atoms with Gasteiger partial charge in [-0.25, -0.2) is 0 Å². The van der Waals surface area contributed by atoms with Crippen molar-refractivity contribution in [3.63, 3.8) is 0 Å². The zero-order valence-electron chi connectivity index (χ0n) is 19.4. The molecule has 4 aromatic rings. The first kappa shape index (κ1) is 24.9. The minimum atomic E-state index is -1.11. The van der Waals surface area contributed by atoms with Crippen molar-refractivity contribution in [2.45, 2.75) is 20.0 Å². The van der Waals surface area contributed by atoms with E-state index in [4.69, 9.17) is 37.2 Å². The highest BCUT2D eigenvalue weighted by Crippen LogP contribution is 2.27. The lowest BCUT2D eigenvalue weighted by atomic mass is 10.1. The normalized spacial score (nSPS) is 11.9. The van der Waals surface area contributed by atoms with E-state index < -0.39 is 13.4 Å². The maximum Gasteiger partial charge on any atom is 0.788 e. The van der Waals surface area contributed by atoms with Crippen LogP contribution in [0.15, 0.2) is 97.2 Å². The van der Waals surface area contributed by atoms with Crippen molar-refractivity contribution < 1.29 is 14.0 Å². The summed E-state index contributed by atoms with van der Waals surface area (Å²) in [5.41, 5.74) is 3.63. The standard InChI is InChI=1S/C28H24BCl2NO3/c1-20-11-14-23(18-25(20)30)33-29(34-24-15-12-21(2)26(31)19-24)35-28(27-10-6-7-17-32-27)16-13-22-8-4-3-5-9-22/h3-19,28H,1-2H3. The van der Waals surface area contributed by atoms with E-state index in [1.807, 2.05) is 98.8 Å². The Morgan fingerprint density at radius 2 is 1.37 bits per heavy atom. The van der Waals surface area contributed by atoms with Crippen molar-refractivity contribution >= 4 is 36.6 Å². The zero-order chi connectivity index (χ0) is 24.6. The van der Waals surface area contributed by atoms with Crippen LogP contribution in [-0.2, 0) is 4.65 Å². The molecule has 1 aromatic heterocycles. The van der Waals surface area contributed by atoms with E-state index >= 15 is 0 Å². The Hall–Kier alpha value is -3.25. The highest BCUT2D eigenvalue weighted by atomic mass is 35.5. The predicted molar refractivity (Wildman–Crippen MR) is 143 cm³/mol. The van der Waals surface area contributed by atoms with Gasteiger partial charge in [-0.1, -0.05) is 83.9 Å². The van der Waals surface area contributed by atoms with Crippen LogP contribution in [0.1, 0.15) is 28.5 Å². The van der Waals surface area contributed by atoms with Crippen LogP contribution in [0.5, 0.6) is 11.5 Å². The predicted octanol–water partition coefficient (Wildman–Crippen LogP) is 7.92. The van der Waals surface area contributed by atoms with Gasteiger partial charge in [0.15, 0.2) is 0 Å². The molecule has 4 nitrogen and oxygen atoms in total. The topological polar surface area (TPSA) is 40.6 Å². The molecule has 0 spiro atoms. The van der Waals surface area contributed by atoms with Crippen LogP contribution in [0.25, 0.3) is 6.08 Å². The summed E-state index contributed by atoms with van der Waals surface area (Å²) < 4.78 is 18.5. The number of nitrogens with zero attached hydrogens (tertiary/aromatic N) is 1. The first-order valence-electron chi connectivity index (χ1n) is 11.1. The first-order valence-corrected chi connectivity index (χ1v) is 11.9. The Morgan fingerprint density at radius 3 is 1.91 bits per heavy atom. The van der Waals surface area contributed by atoms with E-state index in [1.54, 1.807) is 18.3 Å². The molecule has 0 radical (unpaired) electrons. The van der Waals surface area contributed by atoms with Crippen LogP contribution in [0.2, 0.25) is 10.0 Å². The third kappa shape index (κ3) is 7.12. The van der Waals surface area contributed by atoms with Gasteiger partial charge in [-0.05, 0) is 66.9 Å². The molecule has 3 aromatic carbocycles. The molecule has 176 valence electrons. The van der Waals surface area contributed by atoms with Crippen LogP contribution in [-0.4, -0.2) is 12.3 Å². The number of aryl methyl sites for hydroxylation is 2. The van der Waals surface area contributed by atoms with Crippen molar-refractivity contribution in [1.29, 1.82) is 0 Å². The molecule has 0 saturated carbocycles. The molecule has 1 atom stereocenters. The van der Waals surface area contributed by atoms with Crippen molar-refractivity contribution in [3.8, 4) is 11.5 Å². The van der Waals surface area contributed by atoms with E-state index in [2.05, 4.69) is 4.98 Å². The number of pyridine rings is 1. The van der Waals surface area contributed by atoms with Gasteiger partial charge in [-0.2, -0.15) is 0 Å². The molecule has 7 heteroatoms. The Bertz CT molecular complexity index is 1230. The Labute approximate surface area is 216 Å². The average molecular weight is 504 g/mol. The fourth-order valence-corrected chi connectivity index (χ4v) is 3.58. The molecule has 0 amide bonds. The highest BCUT2D eigenvalue weighted by Gasteiger charge is 2.32. The second-order valence-corrected chi connectivity index (χ2v) is 8.74. The molecule has 0 saturated heterocycles. The highest BCUT2D eigenvalue weighted by molar-refractivity contribution is 6.39. The van der Waals surface area contributed by atoms with Crippen molar-refractivity contribution in [2.75, 3.05) is 0 Å². The van der Waals surface area contributed by atoms with Gasteiger partial charge in [-0.3, -0.25) is 4.98 Å². The molecule has 0 bridgehead atoms. The maximum absolute atomic E-state index is 6.33. The lowest BCUT2D eigenvalue weighted by Gasteiger charge is -2.21. The van der Waals surface area contributed by atoms with Gasteiger partial charge in [0.1, 0.15) is 17.6 Å². The van der Waals surface area contributed by atoms with E-state index in [9.17, 15) is 0 Å². The maximum atomic E-state index is 6.33. The summed E-state index contributed by atoms with van der Waals surface area (Å²) in [4.78, 5) is 4.48. The van der Waals surface area contributed by atoms with Crippen molar-refractivity contribution in [2.24, 2.45) is 0 Å². The molecule has 0 aliphatic rings. The molecular formula is C28H24BCl2NO3. The molecule has 0 aliphatic carbocycles. The fourth-order valence-electron chi connectivity index (χ4n) is 3.24. The molecule has 0 N–H and O–H groups in total. The van der Waals surface area contributed by atoms with E-state index in [0.717, 1.165) is 16.7 Å². The van der Waals surface area contributed by atoms with Crippen LogP contribution in [0.4, 0.5) is 0 Å². The minimum absolute atomic E-state index is 0.510. The minimum Gasteiger partial charge on any atom is -0.501 e. The van der Waals surface area contributed by atoms with Gasteiger partial charge in [0.05, 0.1) is 5.69 Å². The monoisotopic (exact) mass is 503 g/mol. The number of halogens is 2. The van der Waals surface area contributed by atoms with Gasteiger partial charge >= 0.3 is 7.32 Å². The SMILES string of the molecule is Cc1ccc(OB(Oc2ccc(C)c(Cl)c2)OC(C=Cc2ccccc2)c2ccccn2)cc1Cl. The summed E-state index contributed by atoms with van der Waals surface area (Å²) >= 11 is 12.6. The summed E-state index contributed by atoms with van der Waals surface area (Å²) in [6.45, 7) is 3.85. The lowest BCUT2D eigenvalue weighted by molar-refractivity contribution is 0.159. The molecule has 0 aliphatic heterocycles. The smallest absolute Gasteiger partial charge is 0.501 e. The summed E-state index contributed by atoms with van der Waals surface area (Å²) in [7, 11) is -1.11. The van der Waals surface area contributed by atoms with Gasteiger partial charge in [-0.15, -0.1) is 0 Å². The molecule has 1 unspecified atom stereocenters. The van der Waals surface area contributed by atoms with Crippen LogP contribution in [0.3, 0.4) is 0 Å². The van der Waals surface area contributed by atoms with Gasteiger partial charge in [0.25, 0.3) is 0 Å². The summed E-state index contributed by atoms with van der Waals surface area (Å²) in [5, 5.41) is 1.18. The zero-order valence-corrected chi connectivity index (χ0v) is 20.9. The molecule has 1 heterocycles. The number of hydrogen-bond donors (Lipinski definition) is 0. The number of benzene rings is 3. The van der Waals surface area contributed by atoms with Crippen LogP contribution >= 0.6 is 23.2 Å².